The second-order valence-electron chi connectivity index (χ2n) is 9.45. The van der Waals surface area contributed by atoms with Gasteiger partial charge in [-0.3, -0.25) is 0 Å². The van der Waals surface area contributed by atoms with Crippen molar-refractivity contribution in [1.82, 2.24) is 0 Å². The Morgan fingerprint density at radius 1 is 0.500 bits per heavy atom. The van der Waals surface area contributed by atoms with E-state index in [0.29, 0.717) is 0 Å². The zero-order chi connectivity index (χ0) is 23.8. The van der Waals surface area contributed by atoms with Gasteiger partial charge in [0.05, 0.1) is 8.07 Å². The summed E-state index contributed by atoms with van der Waals surface area (Å²) in [6.07, 6.45) is 2.05. The zero-order valence-corrected chi connectivity index (χ0v) is 25.5. The predicted molar refractivity (Wildman–Crippen MR) is 168 cm³/mol. The fraction of sp³-hybridized carbons (Fsp3) is 0.111. The monoisotopic (exact) mass is 544 g/mol. The number of rotatable bonds is 6. The Balaban J connectivity index is 0.00000133. The van der Waals surface area contributed by atoms with Crippen molar-refractivity contribution in [3.8, 4) is 0 Å². The van der Waals surface area contributed by atoms with Gasteiger partial charge in [0, 0.05) is 0 Å². The number of hydrogen-bond acceptors (Lipinski definition) is 0. The molecule has 0 N–H and O–H groups in total. The molecule has 0 bridgehead atoms. The maximum atomic E-state index is 2.45. The Morgan fingerprint density at radius 3 is 1.21 bits per heavy atom. The summed E-state index contributed by atoms with van der Waals surface area (Å²) >= 11 is 0. The van der Waals surface area contributed by atoms with Crippen LogP contribution in [0.5, 0.6) is 0 Å². The van der Waals surface area contributed by atoms with E-state index in [9.17, 15) is 0 Å². The molecule has 0 spiro atoms. The van der Waals surface area contributed by atoms with E-state index in [4.69, 9.17) is 0 Å². The van der Waals surface area contributed by atoms with Crippen molar-refractivity contribution in [2.45, 2.75) is 26.7 Å². The molecule has 0 aliphatic rings. The number of benzene rings is 4. The van der Waals surface area contributed by atoms with E-state index in [1.165, 1.54) is 43.0 Å². The van der Waals surface area contributed by atoms with Gasteiger partial charge in [-0.15, -0.1) is 91.6 Å². The van der Waals surface area contributed by atoms with Gasteiger partial charge in [-0.2, -0.15) is 0 Å². The van der Waals surface area contributed by atoms with Crippen molar-refractivity contribution in [2.24, 2.45) is 0 Å². The summed E-state index contributed by atoms with van der Waals surface area (Å²) in [5.41, 5.74) is 2.97. The van der Waals surface area contributed by atoms with Gasteiger partial charge in [-0.05, 0) is 12.8 Å². The van der Waals surface area contributed by atoms with Crippen LogP contribution in [-0.2, 0) is 34.6 Å². The quantitative estimate of drug-likeness (QED) is 0.159. The molecule has 0 unspecified atom stereocenters. The molecule has 0 aromatic heterocycles. The molecule has 0 radical (unpaired) electrons. The van der Waals surface area contributed by atoms with Crippen molar-refractivity contribution < 1.29 is 21.7 Å². The Morgan fingerprint density at radius 2 is 0.842 bits per heavy atom. The van der Waals surface area contributed by atoms with Gasteiger partial charge in [-0.1, -0.05) is 97.0 Å². The van der Waals surface area contributed by atoms with Crippen LogP contribution in [0.15, 0.2) is 121 Å². The van der Waals surface area contributed by atoms with Crippen LogP contribution in [0.3, 0.4) is 0 Å². The van der Waals surface area contributed by atoms with E-state index in [0.717, 1.165) is 12.8 Å². The van der Waals surface area contributed by atoms with Crippen LogP contribution < -0.4 is 20.7 Å². The molecular formula is C36H36SiTi. The average molecular weight is 545 g/mol. The summed E-state index contributed by atoms with van der Waals surface area (Å²) < 4.78 is 0. The van der Waals surface area contributed by atoms with Gasteiger partial charge in [-0.25, -0.2) is 0 Å². The van der Waals surface area contributed by atoms with E-state index in [1.807, 2.05) is 0 Å². The normalized spacial score (nSPS) is 11.0. The first-order valence-corrected chi connectivity index (χ1v) is 14.8. The van der Waals surface area contributed by atoms with Gasteiger partial charge < -0.3 is 14.9 Å². The topological polar surface area (TPSA) is 0 Å². The third-order valence-corrected chi connectivity index (χ3v) is 12.8. The zero-order valence-electron chi connectivity index (χ0n) is 23.0. The maximum absolute atomic E-state index is 2.66. The molecule has 0 fully saturated rings. The molecule has 0 heterocycles. The molecule has 0 aliphatic heterocycles. The van der Waals surface area contributed by atoms with Gasteiger partial charge in [0.15, 0.2) is 0 Å². The van der Waals surface area contributed by atoms with Crippen LogP contribution in [0.25, 0.3) is 21.5 Å². The summed E-state index contributed by atoms with van der Waals surface area (Å²) in [6, 6.07) is 45.8. The standard InChI is InChI=1S/C34H30Si.2CH3.Ti/c1-3-25-23-27-15-11-13-21-31(27)33(25)35(29-17-7-5-8-18-29,30-19-9-6-10-20-30)34-26(4-2)24-28-16-12-14-22-32(28)34;;;/h5-24H,3-4H2,1-2H3;2*1H3;/q-2;2*-1;+4. The largest absolute Gasteiger partial charge is 4.00 e. The smallest absolute Gasteiger partial charge is 0.358 e. The Hall–Kier alpha value is -2.97. The van der Waals surface area contributed by atoms with Crippen molar-refractivity contribution in [1.29, 1.82) is 0 Å². The second kappa shape index (κ2) is 12.3. The molecule has 0 saturated heterocycles. The maximum Gasteiger partial charge on any atom is 4.00 e. The van der Waals surface area contributed by atoms with Crippen LogP contribution in [0.4, 0.5) is 0 Å². The predicted octanol–water partition coefficient (Wildman–Crippen LogP) is 6.83. The van der Waals surface area contributed by atoms with Crippen molar-refractivity contribution >= 4 is 50.4 Å². The first-order valence-electron chi connectivity index (χ1n) is 12.8. The molecule has 0 saturated carbocycles. The number of aryl methyl sites for hydroxylation is 2. The molecule has 6 rings (SSSR count). The number of fused-ring (bicyclic) bond motifs is 2. The summed E-state index contributed by atoms with van der Waals surface area (Å²) in [4.78, 5) is 0. The van der Waals surface area contributed by atoms with Gasteiger partial charge >= 0.3 is 21.7 Å². The van der Waals surface area contributed by atoms with E-state index in [2.05, 4.69) is 135 Å². The minimum absolute atomic E-state index is 0. The van der Waals surface area contributed by atoms with Crippen LogP contribution in [0, 0.1) is 14.9 Å². The minimum Gasteiger partial charge on any atom is -0.358 e. The van der Waals surface area contributed by atoms with Crippen molar-refractivity contribution in [2.75, 3.05) is 0 Å². The Labute approximate surface area is 245 Å². The van der Waals surface area contributed by atoms with Crippen LogP contribution in [-0.4, -0.2) is 8.07 Å². The second-order valence-corrected chi connectivity index (χ2v) is 13.1. The molecular weight excluding hydrogens is 508 g/mol. The van der Waals surface area contributed by atoms with E-state index in [1.54, 1.807) is 10.4 Å². The molecule has 38 heavy (non-hydrogen) atoms. The minimum atomic E-state index is -2.66. The van der Waals surface area contributed by atoms with Crippen molar-refractivity contribution in [3.63, 3.8) is 0 Å². The first-order chi connectivity index (χ1) is 17.3. The van der Waals surface area contributed by atoms with Crippen LogP contribution in [0.1, 0.15) is 25.0 Å². The van der Waals surface area contributed by atoms with E-state index >= 15 is 0 Å². The summed E-state index contributed by atoms with van der Waals surface area (Å²) in [5.74, 6) is 0. The first kappa shape index (κ1) is 29.6. The van der Waals surface area contributed by atoms with E-state index in [-0.39, 0.29) is 36.6 Å². The molecule has 0 nitrogen and oxygen atoms in total. The molecule has 0 amide bonds. The third kappa shape index (κ3) is 4.47. The fourth-order valence-electron chi connectivity index (χ4n) is 6.26. The summed E-state index contributed by atoms with van der Waals surface area (Å²) in [6.45, 7) is 4.63. The third-order valence-electron chi connectivity index (χ3n) is 7.69. The number of hydrogen-bond donors (Lipinski definition) is 0. The van der Waals surface area contributed by atoms with Crippen LogP contribution in [0.2, 0.25) is 0 Å². The molecule has 6 aromatic carbocycles. The van der Waals surface area contributed by atoms with Crippen LogP contribution >= 0.6 is 0 Å². The van der Waals surface area contributed by atoms with Crippen molar-refractivity contribution in [3.05, 3.63) is 147 Å². The van der Waals surface area contributed by atoms with E-state index < -0.39 is 8.07 Å². The van der Waals surface area contributed by atoms with Gasteiger partial charge in [0.1, 0.15) is 0 Å². The Bertz CT molecular complexity index is 1480. The molecule has 188 valence electrons. The molecule has 0 aliphatic carbocycles. The van der Waals surface area contributed by atoms with Gasteiger partial charge in [0.25, 0.3) is 0 Å². The molecule has 6 aromatic rings. The van der Waals surface area contributed by atoms with Gasteiger partial charge in [0.2, 0.25) is 0 Å². The molecule has 0 atom stereocenters. The molecule has 2 heteroatoms. The Kier molecular flexibility index (Phi) is 9.55. The fourth-order valence-corrected chi connectivity index (χ4v) is 12.1. The SMILES string of the molecule is CCc1[cH-]c2ccccc2c1[Si](c1ccccc1)(c1ccccc1)c1c(CC)[cH-]c2ccccc12.[CH3-].[CH3-].[Ti+4]. The summed E-state index contributed by atoms with van der Waals surface area (Å²) in [7, 11) is -2.66. The average Bonchev–Trinajstić information content (AvgIpc) is 3.50. The summed E-state index contributed by atoms with van der Waals surface area (Å²) in [5, 5.41) is 11.6.